The lowest BCUT2D eigenvalue weighted by Crippen LogP contribution is -2.14. The van der Waals surface area contributed by atoms with Gasteiger partial charge < -0.3 is 4.74 Å². The lowest BCUT2D eigenvalue weighted by atomic mass is 10.1. The Balaban J connectivity index is 1.86. The highest BCUT2D eigenvalue weighted by molar-refractivity contribution is 5.84. The number of ether oxygens (including phenoxy) is 1. The molecule has 0 radical (unpaired) electrons. The molecule has 0 saturated heterocycles. The van der Waals surface area contributed by atoms with Crippen LogP contribution in [0.25, 0.3) is 0 Å². The summed E-state index contributed by atoms with van der Waals surface area (Å²) in [4.78, 5) is 15.4. The lowest BCUT2D eigenvalue weighted by molar-refractivity contribution is 0.159. The molecule has 0 saturated carbocycles. The van der Waals surface area contributed by atoms with Gasteiger partial charge in [0.25, 0.3) is 0 Å². The number of unbranched alkanes of at least 4 members (excludes halogenated alkanes) is 9. The number of hydrogen-bond donors (Lipinski definition) is 1. The van der Waals surface area contributed by atoms with E-state index in [1.54, 1.807) is 24.5 Å². The molecule has 0 aliphatic carbocycles. The van der Waals surface area contributed by atoms with E-state index in [0.717, 1.165) is 12.8 Å². The van der Waals surface area contributed by atoms with Gasteiger partial charge in [0.05, 0.1) is 6.61 Å². The van der Waals surface area contributed by atoms with Gasteiger partial charge in [0.15, 0.2) is 0 Å². The topological polar surface area (TPSA) is 51.2 Å². The van der Waals surface area contributed by atoms with Crippen LogP contribution in [0.3, 0.4) is 0 Å². The van der Waals surface area contributed by atoms with E-state index in [4.69, 9.17) is 4.74 Å². The predicted molar refractivity (Wildman–Crippen MR) is 91.1 cm³/mol. The van der Waals surface area contributed by atoms with Gasteiger partial charge in [-0.05, 0) is 18.6 Å². The maximum absolute atomic E-state index is 11.5. The monoisotopic (exact) mass is 306 g/mol. The van der Waals surface area contributed by atoms with Gasteiger partial charge in [-0.1, -0.05) is 64.7 Å². The first-order chi connectivity index (χ1) is 10.8. The van der Waals surface area contributed by atoms with E-state index in [1.165, 1.54) is 51.4 Å². The van der Waals surface area contributed by atoms with Crippen molar-refractivity contribution in [2.24, 2.45) is 0 Å². The first kappa shape index (κ1) is 18.5. The molecule has 1 amide bonds. The molecule has 0 bridgehead atoms. The highest BCUT2D eigenvalue weighted by atomic mass is 16.5. The molecule has 22 heavy (non-hydrogen) atoms. The normalized spacial score (nSPS) is 10.4. The summed E-state index contributed by atoms with van der Waals surface area (Å²) in [6.07, 6.45) is 15.7. The van der Waals surface area contributed by atoms with Crippen molar-refractivity contribution in [1.29, 1.82) is 0 Å². The van der Waals surface area contributed by atoms with Crippen molar-refractivity contribution in [1.82, 2.24) is 4.98 Å². The summed E-state index contributed by atoms with van der Waals surface area (Å²) in [5.74, 6) is 0. The summed E-state index contributed by atoms with van der Waals surface area (Å²) >= 11 is 0. The van der Waals surface area contributed by atoms with Crippen LogP contribution < -0.4 is 5.32 Å². The molecular formula is C18H30N2O2. The predicted octanol–water partition coefficient (Wildman–Crippen LogP) is 5.55. The third kappa shape index (κ3) is 10.2. The summed E-state index contributed by atoms with van der Waals surface area (Å²) in [5, 5.41) is 2.68. The minimum atomic E-state index is -0.387. The van der Waals surface area contributed by atoms with E-state index < -0.39 is 0 Å². The van der Waals surface area contributed by atoms with Gasteiger partial charge in [0.1, 0.15) is 0 Å². The lowest BCUT2D eigenvalue weighted by Gasteiger charge is -2.06. The standard InChI is InChI=1S/C18H30N2O2/c1-2-3-4-5-6-7-8-9-10-11-16-22-18(21)20-17-12-14-19-15-13-17/h12-15H,2-11,16H2,1H3,(H,19,20,21). The van der Waals surface area contributed by atoms with Crippen molar-refractivity contribution in [3.8, 4) is 0 Å². The number of nitrogens with zero attached hydrogens (tertiary/aromatic N) is 1. The molecule has 1 N–H and O–H groups in total. The number of carbonyl (C=O) groups excluding carboxylic acids is 1. The number of hydrogen-bond acceptors (Lipinski definition) is 3. The molecule has 0 spiro atoms. The van der Waals surface area contributed by atoms with E-state index in [1.807, 2.05) is 0 Å². The van der Waals surface area contributed by atoms with Crippen molar-refractivity contribution < 1.29 is 9.53 Å². The SMILES string of the molecule is CCCCCCCCCCCCOC(=O)Nc1ccncc1. The number of anilines is 1. The van der Waals surface area contributed by atoms with Gasteiger partial charge in [-0.25, -0.2) is 4.79 Å². The second kappa shape index (κ2) is 13.1. The van der Waals surface area contributed by atoms with Gasteiger partial charge in [-0.15, -0.1) is 0 Å². The molecule has 1 aromatic heterocycles. The quantitative estimate of drug-likeness (QED) is 0.515. The fraction of sp³-hybridized carbons (Fsp3) is 0.667. The molecule has 0 aliphatic rings. The van der Waals surface area contributed by atoms with Gasteiger partial charge in [-0.3, -0.25) is 10.3 Å². The summed E-state index contributed by atoms with van der Waals surface area (Å²) in [6.45, 7) is 2.74. The fourth-order valence-electron chi connectivity index (χ4n) is 2.34. The van der Waals surface area contributed by atoms with Crippen molar-refractivity contribution >= 4 is 11.8 Å². The van der Waals surface area contributed by atoms with Crippen LogP contribution in [0.2, 0.25) is 0 Å². The smallest absolute Gasteiger partial charge is 0.411 e. The zero-order chi connectivity index (χ0) is 15.9. The largest absolute Gasteiger partial charge is 0.449 e. The second-order valence-corrected chi connectivity index (χ2v) is 5.68. The average molecular weight is 306 g/mol. The Bertz CT molecular complexity index is 382. The number of nitrogens with one attached hydrogen (secondary N) is 1. The van der Waals surface area contributed by atoms with Crippen LogP contribution in [0.1, 0.15) is 71.1 Å². The van der Waals surface area contributed by atoms with Crippen LogP contribution in [0.15, 0.2) is 24.5 Å². The molecule has 124 valence electrons. The van der Waals surface area contributed by atoms with Crippen LogP contribution in [0.5, 0.6) is 0 Å². The fourth-order valence-corrected chi connectivity index (χ4v) is 2.34. The van der Waals surface area contributed by atoms with Crippen molar-refractivity contribution in [2.45, 2.75) is 71.1 Å². The van der Waals surface area contributed by atoms with E-state index in [-0.39, 0.29) is 6.09 Å². The zero-order valence-corrected chi connectivity index (χ0v) is 13.9. The van der Waals surface area contributed by atoms with Crippen LogP contribution in [0, 0.1) is 0 Å². The maximum atomic E-state index is 11.5. The number of carbonyl (C=O) groups is 1. The summed E-state index contributed by atoms with van der Waals surface area (Å²) in [7, 11) is 0. The summed E-state index contributed by atoms with van der Waals surface area (Å²) < 4.78 is 5.15. The molecule has 0 aromatic carbocycles. The van der Waals surface area contributed by atoms with Crippen molar-refractivity contribution in [2.75, 3.05) is 11.9 Å². The second-order valence-electron chi connectivity index (χ2n) is 5.68. The van der Waals surface area contributed by atoms with Crippen LogP contribution in [0.4, 0.5) is 10.5 Å². The Labute approximate surface area is 134 Å². The van der Waals surface area contributed by atoms with Gasteiger partial charge in [0.2, 0.25) is 0 Å². The first-order valence-corrected chi connectivity index (χ1v) is 8.66. The highest BCUT2D eigenvalue weighted by Gasteiger charge is 2.02. The Kier molecular flexibility index (Phi) is 11.0. The molecule has 0 atom stereocenters. The summed E-state index contributed by atoms with van der Waals surface area (Å²) in [5.41, 5.74) is 0.711. The molecule has 0 aliphatic heterocycles. The molecule has 4 heteroatoms. The van der Waals surface area contributed by atoms with E-state index >= 15 is 0 Å². The van der Waals surface area contributed by atoms with Crippen molar-refractivity contribution in [3.05, 3.63) is 24.5 Å². The Hall–Kier alpha value is -1.58. The number of aromatic nitrogens is 1. The van der Waals surface area contributed by atoms with Gasteiger partial charge in [0, 0.05) is 18.1 Å². The van der Waals surface area contributed by atoms with Gasteiger partial charge in [-0.2, -0.15) is 0 Å². The van der Waals surface area contributed by atoms with Crippen LogP contribution in [-0.2, 0) is 4.74 Å². The van der Waals surface area contributed by atoms with E-state index in [2.05, 4.69) is 17.2 Å². The molecule has 1 rings (SSSR count). The molecule has 0 fully saturated rings. The molecular weight excluding hydrogens is 276 g/mol. The summed E-state index contributed by atoms with van der Waals surface area (Å²) in [6, 6.07) is 3.48. The highest BCUT2D eigenvalue weighted by Crippen LogP contribution is 2.10. The first-order valence-electron chi connectivity index (χ1n) is 8.66. The maximum Gasteiger partial charge on any atom is 0.411 e. The minimum absolute atomic E-state index is 0.387. The number of amides is 1. The minimum Gasteiger partial charge on any atom is -0.449 e. The molecule has 0 unspecified atom stereocenters. The number of rotatable bonds is 12. The van der Waals surface area contributed by atoms with Crippen LogP contribution >= 0.6 is 0 Å². The zero-order valence-electron chi connectivity index (χ0n) is 13.9. The van der Waals surface area contributed by atoms with E-state index in [0.29, 0.717) is 12.3 Å². The molecule has 1 aromatic rings. The van der Waals surface area contributed by atoms with Crippen LogP contribution in [-0.4, -0.2) is 17.7 Å². The van der Waals surface area contributed by atoms with Gasteiger partial charge >= 0.3 is 6.09 Å². The van der Waals surface area contributed by atoms with E-state index in [9.17, 15) is 4.79 Å². The molecule has 4 nitrogen and oxygen atoms in total. The molecule has 1 heterocycles. The number of pyridine rings is 1. The average Bonchev–Trinajstić information content (AvgIpc) is 2.53. The third-order valence-electron chi connectivity index (χ3n) is 3.66. The van der Waals surface area contributed by atoms with Crippen molar-refractivity contribution in [3.63, 3.8) is 0 Å². The Morgan fingerprint density at radius 3 is 2.09 bits per heavy atom. The Morgan fingerprint density at radius 1 is 0.955 bits per heavy atom. The Morgan fingerprint density at radius 2 is 1.50 bits per heavy atom. The third-order valence-corrected chi connectivity index (χ3v) is 3.66.